The first kappa shape index (κ1) is 35.2. The number of terminal acetylenes is 1. The number of hydrogen-bond donors (Lipinski definition) is 3. The Kier molecular flexibility index (Phi) is 14.5. The first-order valence-corrected chi connectivity index (χ1v) is 15.7. The largest absolute Gasteiger partial charge is 0.457 e. The lowest BCUT2D eigenvalue weighted by Gasteiger charge is -2.23. The monoisotopic (exact) mass is 615 g/mol. The highest BCUT2D eigenvalue weighted by atomic mass is 16.5. The van der Waals surface area contributed by atoms with Crippen molar-refractivity contribution in [3.8, 4) is 24.3 Å². The Morgan fingerprint density at radius 2 is 1.67 bits per heavy atom. The summed E-state index contributed by atoms with van der Waals surface area (Å²) in [5.74, 6) is 1.16. The number of morpholine rings is 1. The van der Waals surface area contributed by atoms with Crippen LogP contribution in [0.15, 0.2) is 54.6 Å². The first-order chi connectivity index (χ1) is 21.8. The number of rotatable bonds is 9. The fourth-order valence-electron chi connectivity index (χ4n) is 5.30. The van der Waals surface area contributed by atoms with Gasteiger partial charge in [0.05, 0.1) is 18.9 Å². The van der Waals surface area contributed by atoms with Crippen LogP contribution in [0.2, 0.25) is 0 Å². The zero-order chi connectivity index (χ0) is 32.6. The van der Waals surface area contributed by atoms with E-state index >= 15 is 0 Å². The summed E-state index contributed by atoms with van der Waals surface area (Å²) in [6, 6.07) is 12.8. The molecule has 0 atom stereocenters. The van der Waals surface area contributed by atoms with E-state index in [-0.39, 0.29) is 19.3 Å². The van der Waals surface area contributed by atoms with Crippen LogP contribution in [0.5, 0.6) is 11.5 Å². The van der Waals surface area contributed by atoms with Crippen LogP contribution >= 0.6 is 0 Å². The van der Waals surface area contributed by atoms with E-state index in [1.54, 1.807) is 49.4 Å². The predicted octanol–water partition coefficient (Wildman–Crippen LogP) is 6.07. The van der Waals surface area contributed by atoms with Gasteiger partial charge in [0.1, 0.15) is 11.5 Å². The quantitative estimate of drug-likeness (QED) is 0.234. The third kappa shape index (κ3) is 11.6. The van der Waals surface area contributed by atoms with Gasteiger partial charge in [-0.05, 0) is 87.3 Å². The third-order valence-corrected chi connectivity index (χ3v) is 7.93. The number of likely N-dealkylation sites (tertiary alicyclic amines) is 1. The summed E-state index contributed by atoms with van der Waals surface area (Å²) < 4.78 is 11.3. The summed E-state index contributed by atoms with van der Waals surface area (Å²) in [4.78, 5) is 29.3. The molecule has 3 aliphatic rings. The van der Waals surface area contributed by atoms with E-state index in [0.717, 1.165) is 70.5 Å². The van der Waals surface area contributed by atoms with Crippen molar-refractivity contribution in [3.05, 3.63) is 71.3 Å². The lowest BCUT2D eigenvalue weighted by atomic mass is 9.95. The molecule has 0 aromatic heterocycles. The SMILES string of the molecule is C#C.CC(=N)/C=C\C(=N)c1ccc(Oc2cc(C(=O)NC3CCCCC3)ccc2CN2CCCC2=O)cc1.CN1CCOCC1.[HH]. The number of amides is 2. The number of nitrogens with zero attached hydrogens (tertiary/aromatic N) is 2. The van der Waals surface area contributed by atoms with Crippen LogP contribution in [-0.2, 0) is 16.1 Å². The molecule has 45 heavy (non-hydrogen) atoms. The van der Waals surface area contributed by atoms with Crippen LogP contribution in [0.3, 0.4) is 0 Å². The van der Waals surface area contributed by atoms with Crippen LogP contribution in [-0.4, -0.2) is 79.0 Å². The molecule has 5 rings (SSSR count). The molecular weight excluding hydrogens is 566 g/mol. The van der Waals surface area contributed by atoms with E-state index in [9.17, 15) is 9.59 Å². The normalized spacial score (nSPS) is 17.1. The molecule has 0 unspecified atom stereocenters. The number of nitrogens with one attached hydrogen (secondary N) is 3. The third-order valence-electron chi connectivity index (χ3n) is 7.93. The minimum Gasteiger partial charge on any atom is -0.457 e. The fraction of sp³-hybridized carbons (Fsp3) is 0.444. The molecule has 2 saturated heterocycles. The molecule has 1 aliphatic carbocycles. The van der Waals surface area contributed by atoms with E-state index in [1.165, 1.54) is 6.42 Å². The predicted molar refractivity (Wildman–Crippen MR) is 182 cm³/mol. The summed E-state index contributed by atoms with van der Waals surface area (Å²) in [6.45, 7) is 6.85. The highest BCUT2D eigenvalue weighted by Gasteiger charge is 2.23. The number of benzene rings is 2. The Hall–Kier alpha value is -4.26. The van der Waals surface area contributed by atoms with E-state index in [1.807, 2.05) is 17.0 Å². The zero-order valence-electron chi connectivity index (χ0n) is 26.6. The Morgan fingerprint density at radius 3 is 2.24 bits per heavy atom. The molecule has 3 fully saturated rings. The van der Waals surface area contributed by atoms with Crippen molar-refractivity contribution in [1.82, 2.24) is 15.1 Å². The standard InChI is InChI=1S/C29H34N4O3.C5H11NO.C2H2.H2/c1-20(30)9-16-26(31)21-12-14-25(15-13-21)36-27-18-22(29(35)32-24-6-3-2-4-7-24)10-11-23(27)19-33-17-5-8-28(33)34;1-6-2-4-7-5-3-6;1-2;/h9-16,18,24,30-31H,2-8,17,19H2,1H3,(H,32,35);2-5H2,1H3;1-2H;1H/b16-9-,30-20?,31-26?;;;. The molecule has 0 bridgehead atoms. The molecule has 2 aromatic carbocycles. The molecule has 0 radical (unpaired) electrons. The van der Waals surface area contributed by atoms with Gasteiger partial charge in [-0.3, -0.25) is 9.59 Å². The van der Waals surface area contributed by atoms with E-state index < -0.39 is 0 Å². The maximum atomic E-state index is 13.0. The van der Waals surface area contributed by atoms with Crippen molar-refractivity contribution in [2.45, 2.75) is 64.5 Å². The first-order valence-electron chi connectivity index (χ1n) is 15.7. The summed E-state index contributed by atoms with van der Waals surface area (Å²) in [7, 11) is 2.11. The fourth-order valence-corrected chi connectivity index (χ4v) is 5.30. The highest BCUT2D eigenvalue weighted by Crippen LogP contribution is 2.30. The molecule has 0 spiro atoms. The Bertz CT molecular complexity index is 1350. The smallest absolute Gasteiger partial charge is 0.251 e. The van der Waals surface area contributed by atoms with Gasteiger partial charge in [-0.2, -0.15) is 0 Å². The van der Waals surface area contributed by atoms with Crippen molar-refractivity contribution >= 4 is 23.2 Å². The summed E-state index contributed by atoms with van der Waals surface area (Å²) in [5, 5.41) is 18.8. The number of likely N-dealkylation sites (N-methyl/N-ethyl adjacent to an activating group) is 1. The highest BCUT2D eigenvalue weighted by molar-refractivity contribution is 6.09. The molecule has 2 aliphatic heterocycles. The lowest BCUT2D eigenvalue weighted by Crippen LogP contribution is -2.36. The van der Waals surface area contributed by atoms with Crippen molar-refractivity contribution in [3.63, 3.8) is 0 Å². The number of hydrogen-bond acceptors (Lipinski definition) is 7. The topological polar surface area (TPSA) is 119 Å². The average molecular weight is 616 g/mol. The van der Waals surface area contributed by atoms with Gasteiger partial charge >= 0.3 is 0 Å². The van der Waals surface area contributed by atoms with Gasteiger partial charge in [0.2, 0.25) is 5.91 Å². The molecule has 2 aromatic rings. The van der Waals surface area contributed by atoms with Crippen LogP contribution in [0.1, 0.15) is 74.8 Å². The van der Waals surface area contributed by atoms with Gasteiger partial charge < -0.3 is 35.4 Å². The van der Waals surface area contributed by atoms with Crippen molar-refractivity contribution in [1.29, 1.82) is 10.8 Å². The van der Waals surface area contributed by atoms with Gasteiger partial charge in [-0.15, -0.1) is 12.8 Å². The number of carbonyl (C=O) groups is 2. The van der Waals surface area contributed by atoms with E-state index in [4.69, 9.17) is 20.3 Å². The second-order valence-electron chi connectivity index (χ2n) is 11.5. The molecule has 9 heteroatoms. The number of ether oxygens (including phenoxy) is 2. The molecule has 242 valence electrons. The maximum absolute atomic E-state index is 13.0. The van der Waals surface area contributed by atoms with Crippen LogP contribution in [0.4, 0.5) is 0 Å². The van der Waals surface area contributed by atoms with Gasteiger partial charge in [-0.25, -0.2) is 0 Å². The van der Waals surface area contributed by atoms with Gasteiger partial charge in [-0.1, -0.05) is 25.3 Å². The van der Waals surface area contributed by atoms with Crippen LogP contribution < -0.4 is 10.1 Å². The van der Waals surface area contributed by atoms with E-state index in [2.05, 4.69) is 30.1 Å². The Morgan fingerprint density at radius 1 is 1.00 bits per heavy atom. The number of carbonyl (C=O) groups excluding carboxylic acids is 2. The van der Waals surface area contributed by atoms with Gasteiger partial charge in [0.15, 0.2) is 0 Å². The second-order valence-corrected chi connectivity index (χ2v) is 11.5. The van der Waals surface area contributed by atoms with Crippen LogP contribution in [0, 0.1) is 23.7 Å². The minimum atomic E-state index is -0.104. The molecule has 9 nitrogen and oxygen atoms in total. The summed E-state index contributed by atoms with van der Waals surface area (Å²) in [6.07, 6.45) is 18.2. The van der Waals surface area contributed by atoms with Crippen molar-refractivity contribution in [2.75, 3.05) is 39.9 Å². The maximum Gasteiger partial charge on any atom is 0.251 e. The van der Waals surface area contributed by atoms with Crippen molar-refractivity contribution < 1.29 is 20.5 Å². The molecule has 2 amide bonds. The average Bonchev–Trinajstić information content (AvgIpc) is 3.47. The summed E-state index contributed by atoms with van der Waals surface area (Å²) in [5.41, 5.74) is 2.79. The Balaban J connectivity index is 0.000000643. The zero-order valence-corrected chi connectivity index (χ0v) is 26.6. The molecule has 3 N–H and O–H groups in total. The van der Waals surface area contributed by atoms with E-state index in [0.29, 0.717) is 47.0 Å². The van der Waals surface area contributed by atoms with Crippen molar-refractivity contribution in [2.24, 2.45) is 0 Å². The molecule has 1 saturated carbocycles. The van der Waals surface area contributed by atoms with Gasteiger partial charge in [0.25, 0.3) is 5.91 Å². The molecule has 2 heterocycles. The summed E-state index contributed by atoms with van der Waals surface area (Å²) >= 11 is 0. The lowest BCUT2D eigenvalue weighted by molar-refractivity contribution is -0.128. The second kappa shape index (κ2) is 18.5. The minimum absolute atomic E-state index is 0. The molecular formula is C36H49N5O4. The number of allylic oxidation sites excluding steroid dienone is 2. The van der Waals surface area contributed by atoms with Gasteiger partial charge in [0, 0.05) is 56.9 Å². The Labute approximate surface area is 269 Å². The van der Waals surface area contributed by atoms with Crippen LogP contribution in [0.25, 0.3) is 0 Å².